The number of pyridine rings is 1. The maximum atomic E-state index is 12.9. The molecule has 0 saturated heterocycles. The van der Waals surface area contributed by atoms with Gasteiger partial charge in [-0.3, -0.25) is 9.78 Å². The molecule has 0 aliphatic heterocycles. The first kappa shape index (κ1) is 18.4. The molecule has 0 aliphatic rings. The quantitative estimate of drug-likeness (QED) is 0.458. The predicted octanol–water partition coefficient (Wildman–Crippen LogP) is 4.59. The molecule has 0 aliphatic carbocycles. The van der Waals surface area contributed by atoms with Gasteiger partial charge in [0.25, 0.3) is 0 Å². The van der Waals surface area contributed by atoms with Crippen LogP contribution >= 0.6 is 11.3 Å². The van der Waals surface area contributed by atoms with Crippen molar-refractivity contribution in [3.63, 3.8) is 0 Å². The number of aromatic nitrogens is 4. The van der Waals surface area contributed by atoms with Gasteiger partial charge < -0.3 is 9.88 Å². The number of amides is 1. The molecule has 3 aromatic heterocycles. The average Bonchev–Trinajstić information content (AvgIpc) is 3.36. The summed E-state index contributed by atoms with van der Waals surface area (Å²) in [4.78, 5) is 26.7. The van der Waals surface area contributed by atoms with Crippen molar-refractivity contribution >= 4 is 38.5 Å². The number of carbonyl (C=O) groups is 1. The van der Waals surface area contributed by atoms with Crippen molar-refractivity contribution in [1.29, 1.82) is 0 Å². The molecular formula is C23H19N5OS. The second-order valence-corrected chi connectivity index (χ2v) is 8.10. The topological polar surface area (TPSA) is 72.7 Å². The molecule has 30 heavy (non-hydrogen) atoms. The maximum Gasteiger partial charge on any atom is 0.240 e. The van der Waals surface area contributed by atoms with E-state index in [1.807, 2.05) is 78.2 Å². The number of fused-ring (bicyclic) bond motifs is 2. The number of rotatable bonds is 5. The van der Waals surface area contributed by atoms with Gasteiger partial charge in [0.2, 0.25) is 5.91 Å². The summed E-state index contributed by atoms with van der Waals surface area (Å²) >= 11 is 1.60. The highest BCUT2D eigenvalue weighted by Gasteiger charge is 2.18. The van der Waals surface area contributed by atoms with Crippen LogP contribution in [0.4, 0.5) is 0 Å². The number of hydrogen-bond acceptors (Lipinski definition) is 5. The molecule has 148 valence electrons. The lowest BCUT2D eigenvalue weighted by molar-refractivity contribution is -0.122. The first-order valence-corrected chi connectivity index (χ1v) is 10.5. The molecule has 0 fully saturated rings. The number of para-hydroxylation sites is 3. The molecule has 0 saturated carbocycles. The van der Waals surface area contributed by atoms with Crippen LogP contribution in [0.1, 0.15) is 18.0 Å². The number of carbonyl (C=O) groups excluding carboxylic acids is 1. The maximum absolute atomic E-state index is 12.9. The fourth-order valence-electron chi connectivity index (χ4n) is 3.49. The molecule has 0 radical (unpaired) electrons. The van der Waals surface area contributed by atoms with Crippen molar-refractivity contribution in [1.82, 2.24) is 24.8 Å². The van der Waals surface area contributed by atoms with Gasteiger partial charge in [0, 0.05) is 6.20 Å². The normalized spacial score (nSPS) is 12.3. The molecule has 2 aromatic carbocycles. The lowest BCUT2D eigenvalue weighted by atomic mass is 10.3. The monoisotopic (exact) mass is 413 g/mol. The van der Waals surface area contributed by atoms with Crippen molar-refractivity contribution in [3.8, 4) is 11.5 Å². The lowest BCUT2D eigenvalue weighted by Crippen LogP contribution is -2.30. The molecular weight excluding hydrogens is 394 g/mol. The van der Waals surface area contributed by atoms with Crippen molar-refractivity contribution in [3.05, 3.63) is 77.9 Å². The Morgan fingerprint density at radius 2 is 1.77 bits per heavy atom. The molecule has 0 bridgehead atoms. The van der Waals surface area contributed by atoms with Crippen LogP contribution in [0.25, 0.3) is 32.8 Å². The van der Waals surface area contributed by atoms with Gasteiger partial charge in [0.05, 0.1) is 27.3 Å². The number of benzene rings is 2. The molecule has 5 rings (SSSR count). The molecule has 3 heterocycles. The fraction of sp³-hybridized carbons (Fsp3) is 0.130. The van der Waals surface area contributed by atoms with Gasteiger partial charge in [-0.1, -0.05) is 30.3 Å². The van der Waals surface area contributed by atoms with Crippen LogP contribution in [-0.4, -0.2) is 25.4 Å². The standard InChI is InChI=1S/C23H19N5OS/c1-15(23-27-17-9-3-5-12-20(17)30-23)25-21(29)14-28-19-11-4-2-8-16(19)26-22(28)18-10-6-7-13-24-18/h2-13,15H,14H2,1H3,(H,25,29). The van der Waals surface area contributed by atoms with E-state index >= 15 is 0 Å². The fourth-order valence-corrected chi connectivity index (χ4v) is 4.46. The Kier molecular flexibility index (Phi) is 4.72. The van der Waals surface area contributed by atoms with Gasteiger partial charge in [0.15, 0.2) is 5.82 Å². The van der Waals surface area contributed by atoms with Gasteiger partial charge in [-0.05, 0) is 43.3 Å². The molecule has 0 spiro atoms. The Morgan fingerprint density at radius 3 is 2.57 bits per heavy atom. The van der Waals surface area contributed by atoms with Crippen LogP contribution in [-0.2, 0) is 11.3 Å². The summed E-state index contributed by atoms with van der Waals surface area (Å²) in [6, 6.07) is 21.3. The third-order valence-electron chi connectivity index (χ3n) is 4.91. The van der Waals surface area contributed by atoms with Gasteiger partial charge in [-0.2, -0.15) is 0 Å². The second kappa shape index (κ2) is 7.68. The average molecular weight is 414 g/mol. The van der Waals surface area contributed by atoms with Crippen LogP contribution in [0.3, 0.4) is 0 Å². The zero-order chi connectivity index (χ0) is 20.5. The van der Waals surface area contributed by atoms with Gasteiger partial charge >= 0.3 is 0 Å². The summed E-state index contributed by atoms with van der Waals surface area (Å²) in [5, 5.41) is 3.97. The summed E-state index contributed by atoms with van der Waals surface area (Å²) in [5.41, 5.74) is 3.43. The molecule has 1 amide bonds. The minimum atomic E-state index is -0.178. The van der Waals surface area contributed by atoms with Gasteiger partial charge in [-0.15, -0.1) is 11.3 Å². The van der Waals surface area contributed by atoms with E-state index in [1.54, 1.807) is 17.5 Å². The van der Waals surface area contributed by atoms with E-state index in [2.05, 4.69) is 15.3 Å². The Balaban J connectivity index is 1.43. The SMILES string of the molecule is CC(NC(=O)Cn1c(-c2ccccn2)nc2ccccc21)c1nc2ccccc2s1. The van der Waals surface area contributed by atoms with Crippen molar-refractivity contribution in [2.24, 2.45) is 0 Å². The summed E-state index contributed by atoms with van der Waals surface area (Å²) in [6.07, 6.45) is 1.73. The Labute approximate surface area is 177 Å². The Bertz CT molecular complexity index is 1310. The Morgan fingerprint density at radius 1 is 1.00 bits per heavy atom. The smallest absolute Gasteiger partial charge is 0.240 e. The van der Waals surface area contributed by atoms with Crippen LogP contribution in [0.15, 0.2) is 72.9 Å². The molecule has 6 nitrogen and oxygen atoms in total. The van der Waals surface area contributed by atoms with Gasteiger partial charge in [-0.25, -0.2) is 9.97 Å². The first-order chi connectivity index (χ1) is 14.7. The number of thiazole rings is 1. The number of hydrogen-bond donors (Lipinski definition) is 1. The predicted molar refractivity (Wildman–Crippen MR) is 119 cm³/mol. The summed E-state index contributed by atoms with van der Waals surface area (Å²) in [6.45, 7) is 2.11. The van der Waals surface area contributed by atoms with E-state index in [1.165, 1.54) is 0 Å². The highest BCUT2D eigenvalue weighted by molar-refractivity contribution is 7.18. The van der Waals surface area contributed by atoms with E-state index in [4.69, 9.17) is 4.98 Å². The van der Waals surface area contributed by atoms with Gasteiger partial charge in [0.1, 0.15) is 17.2 Å². The highest BCUT2D eigenvalue weighted by Crippen LogP contribution is 2.27. The van der Waals surface area contributed by atoms with E-state index in [0.29, 0.717) is 5.82 Å². The molecule has 1 atom stereocenters. The Hall–Kier alpha value is -3.58. The third kappa shape index (κ3) is 3.44. The molecule has 5 aromatic rings. The van der Waals surface area contributed by atoms with Crippen LogP contribution < -0.4 is 5.32 Å². The first-order valence-electron chi connectivity index (χ1n) is 9.70. The van der Waals surface area contributed by atoms with Crippen molar-refractivity contribution < 1.29 is 4.79 Å². The lowest BCUT2D eigenvalue weighted by Gasteiger charge is -2.13. The second-order valence-electron chi connectivity index (χ2n) is 7.03. The number of nitrogens with zero attached hydrogens (tertiary/aromatic N) is 4. The van der Waals surface area contributed by atoms with Crippen molar-refractivity contribution in [2.75, 3.05) is 0 Å². The van der Waals surface area contributed by atoms with E-state index in [0.717, 1.165) is 32.0 Å². The molecule has 1 N–H and O–H groups in total. The van der Waals surface area contributed by atoms with E-state index < -0.39 is 0 Å². The zero-order valence-corrected chi connectivity index (χ0v) is 17.1. The zero-order valence-electron chi connectivity index (χ0n) is 16.3. The van der Waals surface area contributed by atoms with Crippen LogP contribution in [0.2, 0.25) is 0 Å². The van der Waals surface area contributed by atoms with Crippen LogP contribution in [0, 0.1) is 0 Å². The van der Waals surface area contributed by atoms with Crippen LogP contribution in [0.5, 0.6) is 0 Å². The van der Waals surface area contributed by atoms with Crippen molar-refractivity contribution in [2.45, 2.75) is 19.5 Å². The largest absolute Gasteiger partial charge is 0.346 e. The third-order valence-corrected chi connectivity index (χ3v) is 6.13. The minimum absolute atomic E-state index is 0.0953. The minimum Gasteiger partial charge on any atom is -0.346 e. The molecule has 1 unspecified atom stereocenters. The van der Waals surface area contributed by atoms with E-state index in [9.17, 15) is 4.79 Å². The molecule has 7 heteroatoms. The number of imidazole rings is 1. The number of nitrogens with one attached hydrogen (secondary N) is 1. The highest BCUT2D eigenvalue weighted by atomic mass is 32.1. The summed E-state index contributed by atoms with van der Waals surface area (Å²) < 4.78 is 3.03. The summed E-state index contributed by atoms with van der Waals surface area (Å²) in [5.74, 6) is 0.585. The van der Waals surface area contributed by atoms with E-state index in [-0.39, 0.29) is 18.5 Å². The summed E-state index contributed by atoms with van der Waals surface area (Å²) in [7, 11) is 0.